The molecule has 19 heteroatoms. The summed E-state index contributed by atoms with van der Waals surface area (Å²) in [6, 6.07) is -7.44. The van der Waals surface area contributed by atoms with E-state index in [2.05, 4.69) is 46.5 Å². The Morgan fingerprint density at radius 3 is 1.37 bits per heavy atom. The minimum Gasteiger partial charge on any atom is -0.480 e. The first-order valence-electron chi connectivity index (χ1n) is 10.9. The third-order valence-electron chi connectivity index (χ3n) is 4.72. The smallest absolute Gasteiger partial charge is 0.327 e. The van der Waals surface area contributed by atoms with Gasteiger partial charge >= 0.3 is 5.97 Å². The van der Waals surface area contributed by atoms with Crippen molar-refractivity contribution in [2.24, 2.45) is 22.9 Å². The molecular weight excluding hydrogens is 548 g/mol. The maximum absolute atomic E-state index is 12.9. The number of hydrogen-bond donors (Lipinski definition) is 11. The second kappa shape index (κ2) is 17.0. The molecule has 13 N–H and O–H groups in total. The molecule has 0 fully saturated rings. The molecule has 5 atom stereocenters. The van der Waals surface area contributed by atoms with Crippen molar-refractivity contribution < 1.29 is 43.5 Å². The summed E-state index contributed by atoms with van der Waals surface area (Å²) in [5.74, 6) is -8.87. The summed E-state index contributed by atoms with van der Waals surface area (Å²) in [6.07, 6.45) is -2.27. The SMILES string of the molecule is NC(=O)CC[C@H](NC(=O)[C@H](CC(N)=O)NC(=O)[C@@H](N)CS)C(=O)N[C@@H](CC(N)=O)C(=O)N[C@@H](CS)C(=O)O. The maximum Gasteiger partial charge on any atom is 0.327 e. The molecule has 214 valence electrons. The number of amides is 7. The molecule has 0 bridgehead atoms. The van der Waals surface area contributed by atoms with E-state index in [0.717, 1.165) is 0 Å². The predicted molar refractivity (Wildman–Crippen MR) is 137 cm³/mol. The van der Waals surface area contributed by atoms with E-state index in [1.807, 2.05) is 0 Å². The topological polar surface area (TPSA) is 309 Å². The van der Waals surface area contributed by atoms with E-state index in [1.165, 1.54) is 0 Å². The van der Waals surface area contributed by atoms with Gasteiger partial charge in [0.2, 0.25) is 41.4 Å². The van der Waals surface area contributed by atoms with E-state index >= 15 is 0 Å². The number of thiol groups is 2. The molecule has 17 nitrogen and oxygen atoms in total. The van der Waals surface area contributed by atoms with Crippen LogP contribution in [-0.4, -0.2) is 94.1 Å². The molecule has 0 aliphatic heterocycles. The fourth-order valence-electron chi connectivity index (χ4n) is 2.74. The van der Waals surface area contributed by atoms with Crippen molar-refractivity contribution in [3.63, 3.8) is 0 Å². The molecule has 0 saturated carbocycles. The highest BCUT2D eigenvalue weighted by atomic mass is 32.1. The summed E-state index contributed by atoms with van der Waals surface area (Å²) in [7, 11) is 0. The van der Waals surface area contributed by atoms with Crippen LogP contribution in [-0.2, 0) is 38.4 Å². The van der Waals surface area contributed by atoms with Gasteiger partial charge < -0.3 is 49.3 Å². The van der Waals surface area contributed by atoms with Crippen molar-refractivity contribution in [1.82, 2.24) is 21.3 Å². The van der Waals surface area contributed by atoms with Crippen LogP contribution in [0.3, 0.4) is 0 Å². The van der Waals surface area contributed by atoms with Crippen molar-refractivity contribution >= 4 is 72.6 Å². The van der Waals surface area contributed by atoms with Crippen molar-refractivity contribution in [2.45, 2.75) is 55.9 Å². The van der Waals surface area contributed by atoms with Gasteiger partial charge in [-0.1, -0.05) is 0 Å². The molecule has 0 rings (SSSR count). The maximum atomic E-state index is 12.9. The Hall–Kier alpha value is -3.58. The van der Waals surface area contributed by atoms with Crippen LogP contribution >= 0.6 is 25.3 Å². The van der Waals surface area contributed by atoms with E-state index < -0.39 is 103 Å². The van der Waals surface area contributed by atoms with Crippen molar-refractivity contribution in [2.75, 3.05) is 11.5 Å². The first kappa shape index (κ1) is 34.4. The fourth-order valence-corrected chi connectivity index (χ4v) is 3.15. The van der Waals surface area contributed by atoms with Gasteiger partial charge in [-0.05, 0) is 6.42 Å². The second-order valence-electron chi connectivity index (χ2n) is 7.90. The number of primary amides is 3. The lowest BCUT2D eigenvalue weighted by Crippen LogP contribution is -2.59. The van der Waals surface area contributed by atoms with Crippen LogP contribution in [0.15, 0.2) is 0 Å². The van der Waals surface area contributed by atoms with Crippen LogP contribution < -0.4 is 44.2 Å². The molecule has 7 amide bonds. The van der Waals surface area contributed by atoms with E-state index in [0.29, 0.717) is 0 Å². The van der Waals surface area contributed by atoms with Gasteiger partial charge in [-0.3, -0.25) is 33.6 Å². The number of nitrogens with one attached hydrogen (secondary N) is 4. The zero-order valence-corrected chi connectivity index (χ0v) is 21.8. The summed E-state index contributed by atoms with van der Waals surface area (Å²) < 4.78 is 0. The third-order valence-corrected chi connectivity index (χ3v) is 5.48. The molecule has 0 aromatic heterocycles. The summed E-state index contributed by atoms with van der Waals surface area (Å²) in [5.41, 5.74) is 20.9. The monoisotopic (exact) mass is 580 g/mol. The Balaban J connectivity index is 5.87. The number of hydrogen-bond acceptors (Lipinski definition) is 11. The molecule has 0 aliphatic carbocycles. The molecule has 0 aromatic carbocycles. The van der Waals surface area contributed by atoms with Gasteiger partial charge in [-0.25, -0.2) is 4.79 Å². The highest BCUT2D eigenvalue weighted by Gasteiger charge is 2.32. The zero-order valence-electron chi connectivity index (χ0n) is 20.0. The van der Waals surface area contributed by atoms with Crippen LogP contribution in [0.1, 0.15) is 25.7 Å². The van der Waals surface area contributed by atoms with Crippen molar-refractivity contribution in [3.05, 3.63) is 0 Å². The van der Waals surface area contributed by atoms with Gasteiger partial charge in [0.05, 0.1) is 18.9 Å². The number of nitrogens with two attached hydrogens (primary N) is 4. The van der Waals surface area contributed by atoms with Gasteiger partial charge in [0.15, 0.2) is 0 Å². The minimum atomic E-state index is -1.68. The quantitative estimate of drug-likeness (QED) is 0.0682. The fraction of sp³-hybridized carbons (Fsp3) is 0.579. The van der Waals surface area contributed by atoms with Crippen LogP contribution in [0.4, 0.5) is 0 Å². The van der Waals surface area contributed by atoms with Gasteiger partial charge in [0.25, 0.3) is 0 Å². The number of carboxylic acid groups (broad SMARTS) is 1. The Labute approximate surface area is 227 Å². The Morgan fingerprint density at radius 1 is 0.605 bits per heavy atom. The van der Waals surface area contributed by atoms with E-state index in [1.54, 1.807) is 0 Å². The molecule has 0 unspecified atom stereocenters. The second-order valence-corrected chi connectivity index (χ2v) is 8.63. The zero-order chi connectivity index (χ0) is 29.6. The van der Waals surface area contributed by atoms with Crippen LogP contribution in [0.5, 0.6) is 0 Å². The van der Waals surface area contributed by atoms with E-state index in [9.17, 15) is 38.4 Å². The summed E-state index contributed by atoms with van der Waals surface area (Å²) in [6.45, 7) is 0. The Kier molecular flexibility index (Phi) is 15.4. The lowest BCUT2D eigenvalue weighted by Gasteiger charge is -2.25. The number of aliphatic carboxylic acids is 1. The number of carboxylic acids is 1. The average Bonchev–Trinajstić information content (AvgIpc) is 2.82. The first-order chi connectivity index (χ1) is 17.6. The van der Waals surface area contributed by atoms with Crippen LogP contribution in [0.25, 0.3) is 0 Å². The van der Waals surface area contributed by atoms with Crippen molar-refractivity contribution in [1.29, 1.82) is 0 Å². The highest BCUT2D eigenvalue weighted by molar-refractivity contribution is 7.80. The predicted octanol–water partition coefficient (Wildman–Crippen LogP) is -5.79. The summed E-state index contributed by atoms with van der Waals surface area (Å²) in [5, 5.41) is 17.7. The molecule has 0 spiro atoms. The number of rotatable bonds is 18. The third kappa shape index (κ3) is 13.1. The lowest BCUT2D eigenvalue weighted by molar-refractivity contribution is -0.141. The van der Waals surface area contributed by atoms with Gasteiger partial charge in [-0.15, -0.1) is 0 Å². The summed E-state index contributed by atoms with van der Waals surface area (Å²) in [4.78, 5) is 95.7. The normalized spacial score (nSPS) is 14.5. The molecule has 0 aliphatic rings. The Bertz CT molecular complexity index is 936. The van der Waals surface area contributed by atoms with Gasteiger partial charge in [-0.2, -0.15) is 25.3 Å². The molecule has 0 aromatic rings. The van der Waals surface area contributed by atoms with Gasteiger partial charge in [0, 0.05) is 17.9 Å². The lowest BCUT2D eigenvalue weighted by atomic mass is 10.1. The van der Waals surface area contributed by atoms with E-state index in [4.69, 9.17) is 28.0 Å². The number of carbonyl (C=O) groups excluding carboxylic acids is 7. The molecule has 38 heavy (non-hydrogen) atoms. The average molecular weight is 581 g/mol. The summed E-state index contributed by atoms with van der Waals surface area (Å²) >= 11 is 7.66. The molecule has 0 saturated heterocycles. The molecule has 0 heterocycles. The Morgan fingerprint density at radius 2 is 1.00 bits per heavy atom. The standard InChI is InChI=1S/C19H32N8O9S2/c20-7(5-37)15(31)25-9(3-13(22)29)17(33)24-8(1-2-12(21)28)16(32)26-10(4-14(23)30)18(34)27-11(6-38)19(35)36/h7-11,37-38H,1-6,20H2,(H2,21,28)(H2,22,29)(H2,23,30)(H,24,33)(H,25,31)(H,26,32)(H,27,34)(H,35,36)/t7-,8-,9-,10-,11-/m0/s1. The largest absolute Gasteiger partial charge is 0.480 e. The molecular formula is C19H32N8O9S2. The highest BCUT2D eigenvalue weighted by Crippen LogP contribution is 2.04. The number of carbonyl (C=O) groups is 8. The first-order valence-corrected chi connectivity index (χ1v) is 12.2. The minimum absolute atomic E-state index is 0.0976. The van der Waals surface area contributed by atoms with Crippen LogP contribution in [0.2, 0.25) is 0 Å². The van der Waals surface area contributed by atoms with Crippen molar-refractivity contribution in [3.8, 4) is 0 Å². The van der Waals surface area contributed by atoms with E-state index in [-0.39, 0.29) is 11.5 Å². The van der Waals surface area contributed by atoms with Crippen LogP contribution in [0, 0.1) is 0 Å². The van der Waals surface area contributed by atoms with Gasteiger partial charge in [0.1, 0.15) is 24.2 Å². The molecule has 0 radical (unpaired) electrons.